The molecule has 0 aliphatic carbocycles. The van der Waals surface area contributed by atoms with E-state index >= 15 is 0 Å². The van der Waals surface area contributed by atoms with Gasteiger partial charge in [-0.15, -0.1) is 5.10 Å². The lowest BCUT2D eigenvalue weighted by atomic mass is 10.2. The SMILES string of the molecule is O=C(CSc1nnnn1-c1ccccc1)Nc1cccc(S(=O)(=O)N2CCCCCC2)c1. The van der Waals surface area contributed by atoms with Crippen LogP contribution >= 0.6 is 11.8 Å². The Kier molecular flexibility index (Phi) is 7.18. The van der Waals surface area contributed by atoms with Gasteiger partial charge >= 0.3 is 0 Å². The van der Waals surface area contributed by atoms with Gasteiger partial charge in [0.15, 0.2) is 0 Å². The van der Waals surface area contributed by atoms with Gasteiger partial charge in [0.25, 0.3) is 0 Å². The zero-order chi connectivity index (χ0) is 22.4. The Morgan fingerprint density at radius 3 is 2.50 bits per heavy atom. The highest BCUT2D eigenvalue weighted by molar-refractivity contribution is 7.99. The van der Waals surface area contributed by atoms with E-state index in [1.807, 2.05) is 30.3 Å². The number of benzene rings is 2. The number of aromatic nitrogens is 4. The van der Waals surface area contributed by atoms with Gasteiger partial charge in [-0.05, 0) is 53.6 Å². The van der Waals surface area contributed by atoms with E-state index in [1.165, 1.54) is 17.8 Å². The van der Waals surface area contributed by atoms with Gasteiger partial charge in [-0.2, -0.15) is 8.99 Å². The molecule has 32 heavy (non-hydrogen) atoms. The van der Waals surface area contributed by atoms with Crippen molar-refractivity contribution >= 4 is 33.4 Å². The van der Waals surface area contributed by atoms with Crippen molar-refractivity contribution in [3.63, 3.8) is 0 Å². The molecule has 0 radical (unpaired) electrons. The molecule has 1 N–H and O–H groups in total. The molecule has 4 rings (SSSR count). The summed E-state index contributed by atoms with van der Waals surface area (Å²) in [5, 5.41) is 14.9. The lowest BCUT2D eigenvalue weighted by Gasteiger charge is -2.20. The quantitative estimate of drug-likeness (QED) is 0.526. The number of nitrogens with zero attached hydrogens (tertiary/aromatic N) is 5. The number of sulfonamides is 1. The van der Waals surface area contributed by atoms with Crippen LogP contribution in [0.5, 0.6) is 0 Å². The molecule has 1 fully saturated rings. The van der Waals surface area contributed by atoms with Gasteiger partial charge in [0.2, 0.25) is 21.1 Å². The van der Waals surface area contributed by atoms with Gasteiger partial charge in [-0.1, -0.05) is 48.9 Å². The zero-order valence-electron chi connectivity index (χ0n) is 17.4. The minimum absolute atomic E-state index is 0.0797. The predicted molar refractivity (Wildman–Crippen MR) is 122 cm³/mol. The van der Waals surface area contributed by atoms with Crippen LogP contribution in [0.2, 0.25) is 0 Å². The summed E-state index contributed by atoms with van der Waals surface area (Å²) in [6.45, 7) is 1.07. The van der Waals surface area contributed by atoms with Crippen molar-refractivity contribution in [2.24, 2.45) is 0 Å². The third kappa shape index (κ3) is 5.34. The summed E-state index contributed by atoms with van der Waals surface area (Å²) >= 11 is 1.20. The highest BCUT2D eigenvalue weighted by Crippen LogP contribution is 2.23. The number of rotatable bonds is 7. The molecule has 9 nitrogen and oxygen atoms in total. The number of hydrogen-bond acceptors (Lipinski definition) is 7. The van der Waals surface area contributed by atoms with Crippen molar-refractivity contribution in [1.29, 1.82) is 0 Å². The number of amides is 1. The molecule has 0 atom stereocenters. The number of carbonyl (C=O) groups is 1. The van der Waals surface area contributed by atoms with Gasteiger partial charge < -0.3 is 5.32 Å². The van der Waals surface area contributed by atoms with Crippen molar-refractivity contribution in [1.82, 2.24) is 24.5 Å². The largest absolute Gasteiger partial charge is 0.325 e. The van der Waals surface area contributed by atoms with Crippen molar-refractivity contribution in [2.75, 3.05) is 24.2 Å². The minimum atomic E-state index is -3.58. The average molecular weight is 473 g/mol. The predicted octanol–water partition coefficient (Wildman–Crippen LogP) is 2.96. The van der Waals surface area contributed by atoms with Crippen molar-refractivity contribution in [3.8, 4) is 5.69 Å². The first kappa shape index (κ1) is 22.4. The smallest absolute Gasteiger partial charge is 0.243 e. The van der Waals surface area contributed by atoms with Crippen molar-refractivity contribution in [3.05, 3.63) is 54.6 Å². The Balaban J connectivity index is 1.40. The second-order valence-electron chi connectivity index (χ2n) is 7.39. The molecule has 1 aliphatic heterocycles. The van der Waals surface area contributed by atoms with Crippen LogP contribution in [0.1, 0.15) is 25.7 Å². The zero-order valence-corrected chi connectivity index (χ0v) is 19.1. The van der Waals surface area contributed by atoms with E-state index in [-0.39, 0.29) is 16.6 Å². The Morgan fingerprint density at radius 1 is 1.00 bits per heavy atom. The molecule has 1 aliphatic rings. The van der Waals surface area contributed by atoms with Crippen LogP contribution < -0.4 is 5.32 Å². The van der Waals surface area contributed by atoms with Crippen LogP contribution in [0.15, 0.2) is 64.6 Å². The topological polar surface area (TPSA) is 110 Å². The first-order chi connectivity index (χ1) is 15.5. The summed E-state index contributed by atoms with van der Waals surface area (Å²) in [6, 6.07) is 15.8. The van der Waals surface area contributed by atoms with Crippen molar-refractivity contribution in [2.45, 2.75) is 35.7 Å². The van der Waals surface area contributed by atoms with Crippen LogP contribution in [0, 0.1) is 0 Å². The van der Waals surface area contributed by atoms with Gasteiger partial charge in [-0.3, -0.25) is 4.79 Å². The molecule has 11 heteroatoms. The number of carbonyl (C=O) groups excluding carboxylic acids is 1. The van der Waals surface area contributed by atoms with Gasteiger partial charge in [-0.25, -0.2) is 8.42 Å². The number of tetrazole rings is 1. The summed E-state index contributed by atoms with van der Waals surface area (Å²) in [6.07, 6.45) is 3.84. The first-order valence-electron chi connectivity index (χ1n) is 10.4. The summed E-state index contributed by atoms with van der Waals surface area (Å²) in [4.78, 5) is 12.7. The van der Waals surface area contributed by atoms with Crippen LogP contribution in [-0.4, -0.2) is 57.7 Å². The maximum absolute atomic E-state index is 13.0. The number of hydrogen-bond donors (Lipinski definition) is 1. The van der Waals surface area contributed by atoms with E-state index in [4.69, 9.17) is 0 Å². The Bertz CT molecular complexity index is 1160. The normalized spacial score (nSPS) is 15.2. The second-order valence-corrected chi connectivity index (χ2v) is 10.3. The molecular weight excluding hydrogens is 448 g/mol. The highest BCUT2D eigenvalue weighted by Gasteiger charge is 2.25. The molecule has 1 aromatic heterocycles. The molecule has 0 saturated carbocycles. The summed E-state index contributed by atoms with van der Waals surface area (Å²) in [7, 11) is -3.58. The van der Waals surface area contributed by atoms with E-state index < -0.39 is 10.0 Å². The van der Waals surface area contributed by atoms with Crippen LogP contribution in [0.3, 0.4) is 0 Å². The van der Waals surface area contributed by atoms with E-state index in [1.54, 1.807) is 27.2 Å². The number of anilines is 1. The fourth-order valence-electron chi connectivity index (χ4n) is 3.49. The lowest BCUT2D eigenvalue weighted by molar-refractivity contribution is -0.113. The van der Waals surface area contributed by atoms with Gasteiger partial charge in [0, 0.05) is 18.8 Å². The molecule has 0 unspecified atom stereocenters. The van der Waals surface area contributed by atoms with Crippen LogP contribution in [0.25, 0.3) is 5.69 Å². The Morgan fingerprint density at radius 2 is 1.75 bits per heavy atom. The summed E-state index contributed by atoms with van der Waals surface area (Å²) in [5.74, 6) is -0.196. The van der Waals surface area contributed by atoms with E-state index in [2.05, 4.69) is 20.8 Å². The molecule has 0 spiro atoms. The molecular formula is C21H24N6O3S2. The molecule has 1 amide bonds. The number of para-hydroxylation sites is 1. The molecule has 0 bridgehead atoms. The average Bonchev–Trinajstić information content (AvgIpc) is 3.10. The molecule has 1 saturated heterocycles. The first-order valence-corrected chi connectivity index (χ1v) is 12.8. The monoisotopic (exact) mass is 472 g/mol. The summed E-state index contributed by atoms with van der Waals surface area (Å²) in [5.41, 5.74) is 1.24. The van der Waals surface area contributed by atoms with Crippen LogP contribution in [-0.2, 0) is 14.8 Å². The fourth-order valence-corrected chi connectivity index (χ4v) is 5.75. The lowest BCUT2D eigenvalue weighted by Crippen LogP contribution is -2.32. The second kappa shape index (κ2) is 10.2. The standard InChI is InChI=1S/C21H24N6O3S2/c28-20(16-31-21-23-24-25-27(21)18-10-4-3-5-11-18)22-17-9-8-12-19(15-17)32(29,30)26-13-6-1-2-7-14-26/h3-5,8-12,15H,1-2,6-7,13-14,16H2,(H,22,28). The molecule has 2 aromatic carbocycles. The maximum atomic E-state index is 13.0. The third-order valence-corrected chi connectivity index (χ3v) is 7.91. The van der Waals surface area contributed by atoms with Crippen molar-refractivity contribution < 1.29 is 13.2 Å². The number of nitrogens with one attached hydrogen (secondary N) is 1. The number of thioether (sulfide) groups is 1. The van der Waals surface area contributed by atoms with E-state index in [9.17, 15) is 13.2 Å². The highest BCUT2D eigenvalue weighted by atomic mass is 32.2. The van der Waals surface area contributed by atoms with Gasteiger partial charge in [0.1, 0.15) is 0 Å². The Labute approximate surface area is 191 Å². The summed E-state index contributed by atoms with van der Waals surface area (Å²) < 4.78 is 29.1. The van der Waals surface area contributed by atoms with Gasteiger partial charge in [0.05, 0.1) is 16.3 Å². The minimum Gasteiger partial charge on any atom is -0.325 e. The van der Waals surface area contributed by atoms with Crippen LogP contribution in [0.4, 0.5) is 5.69 Å². The van der Waals surface area contributed by atoms with E-state index in [0.717, 1.165) is 31.4 Å². The maximum Gasteiger partial charge on any atom is 0.243 e. The molecule has 168 valence electrons. The fraction of sp³-hybridized carbons (Fsp3) is 0.333. The Hall–Kier alpha value is -2.76. The third-order valence-electron chi connectivity index (χ3n) is 5.09. The molecule has 2 heterocycles. The molecule has 3 aromatic rings. The van der Waals surface area contributed by atoms with E-state index in [0.29, 0.717) is 23.9 Å².